The molecule has 0 spiro atoms. The zero-order chi connectivity index (χ0) is 12.3. The first-order chi connectivity index (χ1) is 8.19. The summed E-state index contributed by atoms with van der Waals surface area (Å²) in [5.41, 5.74) is 5.68. The van der Waals surface area contributed by atoms with E-state index in [4.69, 9.17) is 10.5 Å². The van der Waals surface area contributed by atoms with Crippen molar-refractivity contribution >= 4 is 11.8 Å². The van der Waals surface area contributed by atoms with Crippen molar-refractivity contribution in [2.45, 2.75) is 26.2 Å². The van der Waals surface area contributed by atoms with Gasteiger partial charge in [0, 0.05) is 19.2 Å². The van der Waals surface area contributed by atoms with Gasteiger partial charge in [0.25, 0.3) is 0 Å². The second-order valence-electron chi connectivity index (χ2n) is 4.65. The van der Waals surface area contributed by atoms with E-state index in [1.54, 1.807) is 7.11 Å². The monoisotopic (exact) mass is 236 g/mol. The summed E-state index contributed by atoms with van der Waals surface area (Å²) in [6, 6.07) is 1.85. The minimum Gasteiger partial charge on any atom is -0.481 e. The molecule has 1 aromatic rings. The molecule has 5 heteroatoms. The van der Waals surface area contributed by atoms with E-state index in [0.717, 1.165) is 24.8 Å². The van der Waals surface area contributed by atoms with E-state index in [9.17, 15) is 0 Å². The van der Waals surface area contributed by atoms with Crippen molar-refractivity contribution in [2.24, 2.45) is 5.92 Å². The third kappa shape index (κ3) is 2.99. The molecule has 1 unspecified atom stereocenters. The molecule has 1 saturated heterocycles. The standard InChI is InChI=1S/C12H20N4O/c1-9-4-3-6-16(7-5-9)10-8-11(17-2)15-12(13)14-10/h8-9H,3-7H2,1-2H3,(H2,13,14,15). The maximum Gasteiger partial charge on any atom is 0.225 e. The second-order valence-corrected chi connectivity index (χ2v) is 4.65. The lowest BCUT2D eigenvalue weighted by atomic mass is 10.0. The number of aromatic nitrogens is 2. The highest BCUT2D eigenvalue weighted by Gasteiger charge is 2.16. The van der Waals surface area contributed by atoms with Gasteiger partial charge in [0.2, 0.25) is 11.8 Å². The first-order valence-corrected chi connectivity index (χ1v) is 6.12. The summed E-state index contributed by atoms with van der Waals surface area (Å²) >= 11 is 0. The molecular formula is C12H20N4O. The highest BCUT2D eigenvalue weighted by atomic mass is 16.5. The fourth-order valence-electron chi connectivity index (χ4n) is 2.19. The summed E-state index contributed by atoms with van der Waals surface area (Å²) in [6.07, 6.45) is 3.69. The van der Waals surface area contributed by atoms with E-state index in [1.807, 2.05) is 6.07 Å². The summed E-state index contributed by atoms with van der Waals surface area (Å²) in [5, 5.41) is 0. The topological polar surface area (TPSA) is 64.3 Å². The maximum atomic E-state index is 5.68. The smallest absolute Gasteiger partial charge is 0.225 e. The number of hydrogen-bond donors (Lipinski definition) is 1. The number of anilines is 2. The SMILES string of the molecule is COc1cc(N2CCCC(C)CC2)nc(N)n1. The Hall–Kier alpha value is -1.52. The van der Waals surface area contributed by atoms with Gasteiger partial charge in [0.15, 0.2) is 0 Å². The Morgan fingerprint density at radius 2 is 2.18 bits per heavy atom. The van der Waals surface area contributed by atoms with Gasteiger partial charge < -0.3 is 15.4 Å². The number of methoxy groups -OCH3 is 1. The van der Waals surface area contributed by atoms with Crippen LogP contribution in [0, 0.1) is 5.92 Å². The Kier molecular flexibility index (Phi) is 3.66. The zero-order valence-corrected chi connectivity index (χ0v) is 10.5. The van der Waals surface area contributed by atoms with Crippen LogP contribution in [0.1, 0.15) is 26.2 Å². The highest BCUT2D eigenvalue weighted by molar-refractivity contribution is 5.45. The molecule has 1 aliphatic heterocycles. The van der Waals surface area contributed by atoms with Crippen LogP contribution in [0.2, 0.25) is 0 Å². The van der Waals surface area contributed by atoms with E-state index in [2.05, 4.69) is 21.8 Å². The van der Waals surface area contributed by atoms with Crippen molar-refractivity contribution < 1.29 is 4.74 Å². The fraction of sp³-hybridized carbons (Fsp3) is 0.667. The molecule has 1 fully saturated rings. The molecule has 1 atom stereocenters. The van der Waals surface area contributed by atoms with Crippen molar-refractivity contribution in [3.8, 4) is 5.88 Å². The molecule has 2 N–H and O–H groups in total. The van der Waals surface area contributed by atoms with Gasteiger partial charge in [-0.05, 0) is 25.2 Å². The average molecular weight is 236 g/mol. The molecule has 1 aliphatic rings. The number of hydrogen-bond acceptors (Lipinski definition) is 5. The van der Waals surface area contributed by atoms with Crippen molar-refractivity contribution in [1.82, 2.24) is 9.97 Å². The van der Waals surface area contributed by atoms with E-state index in [1.165, 1.54) is 19.3 Å². The summed E-state index contributed by atoms with van der Waals surface area (Å²) in [5.74, 6) is 2.48. The maximum absolute atomic E-state index is 5.68. The van der Waals surface area contributed by atoms with Crippen molar-refractivity contribution in [3.05, 3.63) is 6.07 Å². The first kappa shape index (κ1) is 12.0. The molecule has 0 radical (unpaired) electrons. The number of nitrogen functional groups attached to an aromatic ring is 1. The normalized spacial score (nSPS) is 21.1. The summed E-state index contributed by atoms with van der Waals surface area (Å²) in [6.45, 7) is 4.36. The van der Waals surface area contributed by atoms with Gasteiger partial charge in [-0.25, -0.2) is 0 Å². The molecule has 0 aromatic carbocycles. The van der Waals surface area contributed by atoms with Crippen molar-refractivity contribution in [2.75, 3.05) is 30.8 Å². The van der Waals surface area contributed by atoms with E-state index in [-0.39, 0.29) is 5.95 Å². The van der Waals surface area contributed by atoms with Crippen LogP contribution in [-0.4, -0.2) is 30.2 Å². The van der Waals surface area contributed by atoms with Gasteiger partial charge in [-0.2, -0.15) is 9.97 Å². The third-order valence-corrected chi connectivity index (χ3v) is 3.26. The van der Waals surface area contributed by atoms with Gasteiger partial charge in [0.1, 0.15) is 5.82 Å². The minimum absolute atomic E-state index is 0.275. The summed E-state index contributed by atoms with van der Waals surface area (Å²) in [4.78, 5) is 10.6. The molecule has 0 amide bonds. The predicted molar refractivity (Wildman–Crippen MR) is 68.2 cm³/mol. The Morgan fingerprint density at radius 1 is 1.35 bits per heavy atom. The van der Waals surface area contributed by atoms with Crippen molar-refractivity contribution in [1.29, 1.82) is 0 Å². The third-order valence-electron chi connectivity index (χ3n) is 3.26. The Bertz CT molecular complexity index is 383. The van der Waals surface area contributed by atoms with Gasteiger partial charge in [-0.15, -0.1) is 0 Å². The van der Waals surface area contributed by atoms with Crippen LogP contribution in [0.4, 0.5) is 11.8 Å². The lowest BCUT2D eigenvalue weighted by Crippen LogP contribution is -2.25. The molecule has 0 aliphatic carbocycles. The van der Waals surface area contributed by atoms with Gasteiger partial charge >= 0.3 is 0 Å². The molecule has 17 heavy (non-hydrogen) atoms. The van der Waals surface area contributed by atoms with Gasteiger partial charge in [-0.3, -0.25) is 0 Å². The Balaban J connectivity index is 2.17. The molecular weight excluding hydrogens is 216 g/mol. The van der Waals surface area contributed by atoms with Crippen LogP contribution >= 0.6 is 0 Å². The first-order valence-electron chi connectivity index (χ1n) is 6.12. The zero-order valence-electron chi connectivity index (χ0n) is 10.5. The quantitative estimate of drug-likeness (QED) is 0.846. The van der Waals surface area contributed by atoms with E-state index < -0.39 is 0 Å². The fourth-order valence-corrected chi connectivity index (χ4v) is 2.19. The van der Waals surface area contributed by atoms with Crippen LogP contribution in [0.25, 0.3) is 0 Å². The number of nitrogens with zero attached hydrogens (tertiary/aromatic N) is 3. The molecule has 5 nitrogen and oxygen atoms in total. The van der Waals surface area contributed by atoms with Crippen LogP contribution < -0.4 is 15.4 Å². The molecule has 2 rings (SSSR count). The number of ether oxygens (including phenoxy) is 1. The second kappa shape index (κ2) is 5.21. The van der Waals surface area contributed by atoms with E-state index in [0.29, 0.717) is 5.88 Å². The number of nitrogens with two attached hydrogens (primary N) is 1. The van der Waals surface area contributed by atoms with E-state index >= 15 is 0 Å². The van der Waals surface area contributed by atoms with Crippen LogP contribution in [0.5, 0.6) is 5.88 Å². The van der Waals surface area contributed by atoms with Crippen LogP contribution in [0.15, 0.2) is 6.07 Å². The van der Waals surface area contributed by atoms with Gasteiger partial charge in [0.05, 0.1) is 7.11 Å². The Morgan fingerprint density at radius 3 is 2.94 bits per heavy atom. The lowest BCUT2D eigenvalue weighted by Gasteiger charge is -2.21. The lowest BCUT2D eigenvalue weighted by molar-refractivity contribution is 0.397. The molecule has 1 aromatic heterocycles. The summed E-state index contributed by atoms with van der Waals surface area (Å²) < 4.78 is 5.12. The minimum atomic E-state index is 0.275. The number of rotatable bonds is 2. The molecule has 94 valence electrons. The Labute approximate surface area is 102 Å². The molecule has 0 bridgehead atoms. The average Bonchev–Trinajstić information content (AvgIpc) is 2.53. The van der Waals surface area contributed by atoms with Crippen LogP contribution in [0.3, 0.4) is 0 Å². The summed E-state index contributed by atoms with van der Waals surface area (Å²) in [7, 11) is 1.59. The molecule has 2 heterocycles. The van der Waals surface area contributed by atoms with Gasteiger partial charge in [-0.1, -0.05) is 6.92 Å². The highest BCUT2D eigenvalue weighted by Crippen LogP contribution is 2.23. The largest absolute Gasteiger partial charge is 0.481 e. The van der Waals surface area contributed by atoms with Crippen LogP contribution in [-0.2, 0) is 0 Å². The predicted octanol–water partition coefficient (Wildman–Crippen LogP) is 1.69. The molecule has 0 saturated carbocycles. The van der Waals surface area contributed by atoms with Crippen molar-refractivity contribution in [3.63, 3.8) is 0 Å².